The Bertz CT molecular complexity index is 6100. The van der Waals surface area contributed by atoms with E-state index in [4.69, 9.17) is 125 Å². The largest absolute Gasteiger partial charge is 2.00 e. The maximum Gasteiger partial charge on any atom is 2.00 e. The number of aliphatic hydroxyl groups excluding tert-OH is 1. The first-order valence-electron chi connectivity index (χ1n) is 45.7. The van der Waals surface area contributed by atoms with Gasteiger partial charge in [0.2, 0.25) is 29.4 Å². The molecule has 12 aromatic heterocycles. The number of nitrogens with zero attached hydrogens (tertiary/aromatic N) is 15. The van der Waals surface area contributed by atoms with Crippen LogP contribution < -0.4 is 70.2 Å². The molecule has 40 heteroatoms. The normalized spacial score (nSPS) is 14.4. The molecule has 2 N–H and O–H groups in total. The number of fused-ring (bicyclic) bond motifs is 6. The summed E-state index contributed by atoms with van der Waals surface area (Å²) in [5.41, 5.74) is 10.2. The molecule has 6 aliphatic rings. The fourth-order valence-corrected chi connectivity index (χ4v) is 30.2. The number of aromatic nitrogens is 12. The fraction of sp³-hybridized carbons (Fsp3) is 0.455. The van der Waals surface area contributed by atoms with Crippen molar-refractivity contribution in [2.45, 2.75) is 266 Å². The van der Waals surface area contributed by atoms with Crippen LogP contribution >= 0.6 is 125 Å². The quantitative estimate of drug-likeness (QED) is 0.00596. The topological polar surface area (TPSA) is 326 Å². The Morgan fingerprint density at radius 1 is 0.489 bits per heavy atom. The smallest absolute Gasteiger partial charge is 1.00 e. The molecule has 6 saturated carbocycles. The third kappa shape index (κ3) is 37.5. The van der Waals surface area contributed by atoms with Gasteiger partial charge in [0.1, 0.15) is 72.4 Å². The SMILES string of the molecule is C=C(OCC)c1cnc(OC2CC2)c2cnc(Cl)cc12.C=[C](OCC)[Sn]([CH2]CCC)([CH2]CCC)[CH2]CCC.CC(=O)c1cnc(OC2CC2)c2cnc(Cl)cc12.CCC(C)(N=[N+]=[N-])c1cnc(OC2CC2)c2cnc(Cl)cc12.CCC(C)(O)c1cnc(OC2CC2)c2cnc(Cl)cc12.CSF.Clc1cc2c(Br)cnc(Cl)c2cn1.Clc1cc2c(Br)cnc(OC3CC3)c2cn1.OC1CC1.[Br-].[CH2-]C.[H-].[Mg+2].[Na+]. The number of azide groups is 1. The van der Waals surface area contributed by atoms with E-state index in [9.17, 15) is 13.8 Å². The van der Waals surface area contributed by atoms with Gasteiger partial charge in [-0.2, -0.15) is 10.8 Å². The standard InChI is InChI=1S/C15H16ClN5O.C15H17ClN2O2.C15H15ClN2O2.C13H11ClN2O2.C11H8BrClN2O.C8H3BrCl2N2.C4H7O.3C4H9.C3H6O.C2H5.CH3FS.BrH.Mg.Na.Sn.H/c1-3-15(2,20-21-17)12-8-19-14(22-9-4-5-9)11-7-18-13(16)6-10(11)12;1-3-15(2,19)12-8-18-14(20-9-4-5-9)11-7-17-13(16)6-10(11)12;1-3-19-9(2)12-7-18-15(20-10-4-5-10)13-8-17-14(16)6-11(12)13;1-7(17)10-5-16-13(18-8-2-3-8)11-6-15-12(14)4-9(10)11;12-9-5-15-11(16-6-1-2-6)8-4-14-10(13)3-7(8)9;9-6-3-13-8(11)5-2-12-7(10)1-4(5)6;1-3-5-4-2;3*1-3-4-2;4-3-1-2-3;1-2;1-3-2;;;;;/h6-9H,3-5H2,1-2H3;6-9,19H,3-5H2,1-2H3;6-8,10H,2-5H2,1H3;4-6,8H,2-3H2,1H3;3-6H,1-2H2;1-3H;1,4H2,2H3;3*1,3-4H2,2H3;3-4H,1-2H2;1H2,2H3;1H3;1H;;;;/q;;;;;;;;;;;-1;;;+2;+1;;-1/p-1. The second-order valence-corrected chi connectivity index (χ2v) is 51.2. The number of carbonyl (C=O) groups excluding carboxylic acids is 1. The van der Waals surface area contributed by atoms with Crippen molar-refractivity contribution in [3.05, 3.63) is 212 Å². The number of ketones is 1. The second kappa shape index (κ2) is 60.7. The summed E-state index contributed by atoms with van der Waals surface area (Å²) in [4.78, 5) is 64.5. The maximum absolute atomic E-state index is 11.6. The molecule has 6 aliphatic carbocycles. The molecule has 0 spiro atoms. The third-order valence-electron chi connectivity index (χ3n) is 22.4. The van der Waals surface area contributed by atoms with Crippen molar-refractivity contribution in [1.29, 1.82) is 0 Å². The van der Waals surface area contributed by atoms with Gasteiger partial charge in [-0.3, -0.25) is 4.79 Å². The zero-order valence-electron chi connectivity index (χ0n) is 81.8. The zero-order chi connectivity index (χ0) is 99.0. The molecule has 25 nitrogen and oxygen atoms in total. The van der Waals surface area contributed by atoms with Gasteiger partial charge in [-0.25, -0.2) is 59.8 Å². The molecule has 0 bridgehead atoms. The number of hydrogen-bond acceptors (Lipinski definition) is 24. The molecule has 0 radical (unpaired) electrons. The van der Waals surface area contributed by atoms with Crippen molar-refractivity contribution in [3.63, 3.8) is 0 Å². The Morgan fingerprint density at radius 2 is 0.784 bits per heavy atom. The number of hydrogen-bond donors (Lipinski definition) is 2. The van der Waals surface area contributed by atoms with Crippen LogP contribution in [-0.2, 0) is 20.6 Å². The van der Waals surface area contributed by atoms with Crippen LogP contribution in [0.3, 0.4) is 0 Å². The second-order valence-electron chi connectivity index (χ2n) is 33.3. The van der Waals surface area contributed by atoms with Crippen molar-refractivity contribution in [1.82, 2.24) is 59.8 Å². The van der Waals surface area contributed by atoms with E-state index in [1.54, 1.807) is 119 Å². The Morgan fingerprint density at radius 3 is 1.12 bits per heavy atom. The number of aliphatic hydroxyl groups is 2. The van der Waals surface area contributed by atoms with Crippen LogP contribution in [-0.4, -0.2) is 173 Å². The molecule has 2 atom stereocenters. The summed E-state index contributed by atoms with van der Waals surface area (Å²) in [6.45, 7) is 34.6. The Kier molecular flexibility index (Phi) is 53.4. The average Bonchev–Trinajstić information content (AvgIpc) is 1.63. The molecule has 0 saturated heterocycles. The summed E-state index contributed by atoms with van der Waals surface area (Å²) in [5.74, 6) is 3.43. The van der Waals surface area contributed by atoms with Gasteiger partial charge in [-0.15, -0.1) is 0 Å². The summed E-state index contributed by atoms with van der Waals surface area (Å²) >= 11 is 46.2. The monoisotopic (exact) mass is 2380 g/mol. The van der Waals surface area contributed by atoms with Gasteiger partial charge in [0.05, 0.1) is 50.8 Å². The summed E-state index contributed by atoms with van der Waals surface area (Å²) < 4.78 is 57.9. The van der Waals surface area contributed by atoms with Crippen molar-refractivity contribution >= 4 is 243 Å². The van der Waals surface area contributed by atoms with E-state index in [1.807, 2.05) is 33.8 Å². The number of carbonyl (C=O) groups is 1. The van der Waals surface area contributed by atoms with Crippen molar-refractivity contribution in [3.8, 4) is 29.4 Å². The number of ether oxygens (including phenoxy) is 7. The molecule has 12 heterocycles. The van der Waals surface area contributed by atoms with Gasteiger partial charge in [-0.1, -0.05) is 107 Å². The van der Waals surface area contributed by atoms with Crippen molar-refractivity contribution in [2.75, 3.05) is 19.5 Å². The van der Waals surface area contributed by atoms with Gasteiger partial charge in [0, 0.05) is 150 Å². The summed E-state index contributed by atoms with van der Waals surface area (Å²) in [6.07, 6.45) is 44.9. The van der Waals surface area contributed by atoms with Gasteiger partial charge < -0.3 is 64.0 Å². The molecule has 139 heavy (non-hydrogen) atoms. The van der Waals surface area contributed by atoms with E-state index >= 15 is 0 Å². The zero-order valence-corrected chi connectivity index (χ0v) is 97.9. The average molecular weight is 2380 g/mol. The molecule has 740 valence electrons. The maximum atomic E-state index is 11.6. The molecule has 0 aliphatic heterocycles. The number of pyridine rings is 12. The number of unbranched alkanes of at least 4 members (excludes halogenated alkanes) is 3. The molecular formula is C99H119Br3Cl7FMgN15NaO10SSn. The van der Waals surface area contributed by atoms with E-state index < -0.39 is 29.5 Å². The predicted molar refractivity (Wildman–Crippen MR) is 567 cm³/mol. The first-order valence-corrected chi connectivity index (χ1v) is 58.6. The van der Waals surface area contributed by atoms with E-state index in [0.29, 0.717) is 102 Å². The molecule has 0 amide bonds. The van der Waals surface area contributed by atoms with Gasteiger partial charge in [0.25, 0.3) is 0 Å². The Hall–Kier alpha value is -5.35. The fourth-order valence-electron chi connectivity index (χ4n) is 13.6. The molecular weight excluding hydrogens is 2260 g/mol. The van der Waals surface area contributed by atoms with Gasteiger partial charge >= 0.3 is 172 Å². The van der Waals surface area contributed by atoms with E-state index in [-0.39, 0.29) is 119 Å². The summed E-state index contributed by atoms with van der Waals surface area (Å²) in [5, 5.41) is 35.7. The number of Topliss-reactive ketones (excluding diaryl/α,β-unsaturated/α-hetero) is 1. The predicted octanol–water partition coefficient (Wildman–Crippen LogP) is 24.2. The molecule has 18 rings (SSSR count). The third-order valence-corrected chi connectivity index (χ3v) is 40.2. The van der Waals surface area contributed by atoms with Crippen LogP contribution in [0, 0.1) is 6.92 Å². The van der Waals surface area contributed by atoms with Crippen LogP contribution in [0.5, 0.6) is 29.4 Å². The van der Waals surface area contributed by atoms with E-state index in [0.717, 1.165) is 174 Å². The first-order chi connectivity index (χ1) is 65.3. The molecule has 0 aromatic carbocycles. The number of halogens is 11. The van der Waals surface area contributed by atoms with Crippen LogP contribution in [0.15, 0.2) is 142 Å². The summed E-state index contributed by atoms with van der Waals surface area (Å²) in [7, 11) is 0. The molecule has 6 fully saturated rings. The Labute approximate surface area is 924 Å². The first kappa shape index (κ1) is 122. The van der Waals surface area contributed by atoms with E-state index in [1.165, 1.54) is 68.8 Å². The van der Waals surface area contributed by atoms with Crippen LogP contribution in [0.4, 0.5) is 3.89 Å². The van der Waals surface area contributed by atoms with Crippen molar-refractivity contribution < 1.29 is 100 Å². The minimum atomic E-state index is -2.24. The Balaban J connectivity index is 0.000000283. The van der Waals surface area contributed by atoms with Gasteiger partial charge in [0.15, 0.2) is 5.78 Å². The van der Waals surface area contributed by atoms with Crippen LogP contribution in [0.1, 0.15) is 233 Å². The summed E-state index contributed by atoms with van der Waals surface area (Å²) in [6, 6.07) is 10.6. The van der Waals surface area contributed by atoms with Gasteiger partial charge in [-0.05, 0) is 208 Å². The minimum absolute atomic E-state index is 0. The van der Waals surface area contributed by atoms with E-state index in [2.05, 4.69) is 149 Å². The molecule has 2 unspecified atom stereocenters. The minimum Gasteiger partial charge on any atom is -1.00 e. The number of rotatable bonds is 31. The van der Waals surface area contributed by atoms with Crippen molar-refractivity contribution in [2.24, 2.45) is 5.11 Å². The van der Waals surface area contributed by atoms with Crippen LogP contribution in [0.25, 0.3) is 80.8 Å². The molecule has 12 aromatic rings. The van der Waals surface area contributed by atoms with Crippen LogP contribution in [0.2, 0.25) is 49.4 Å².